The fourth-order valence-electron chi connectivity index (χ4n) is 5.63. The molecule has 0 bridgehead atoms. The van der Waals surface area contributed by atoms with E-state index in [9.17, 15) is 19.2 Å². The van der Waals surface area contributed by atoms with Crippen LogP contribution in [-0.4, -0.2) is 48.7 Å². The van der Waals surface area contributed by atoms with Gasteiger partial charge in [-0.15, -0.1) is 0 Å². The minimum atomic E-state index is -0.764. The van der Waals surface area contributed by atoms with Gasteiger partial charge in [0.1, 0.15) is 17.5 Å². The van der Waals surface area contributed by atoms with Crippen molar-refractivity contribution in [3.63, 3.8) is 0 Å². The van der Waals surface area contributed by atoms with Gasteiger partial charge in [-0.1, -0.05) is 53.4 Å². The second-order valence-corrected chi connectivity index (χ2v) is 12.8. The molecule has 6 rings (SSSR count). The van der Waals surface area contributed by atoms with Crippen molar-refractivity contribution in [3.8, 4) is 5.75 Å². The van der Waals surface area contributed by atoms with Gasteiger partial charge in [0, 0.05) is 36.3 Å². The Hall–Kier alpha value is -4.35. The fraction of sp³-hybridized carbons (Fsp3) is 0.250. The molecule has 0 saturated carbocycles. The second-order valence-electron chi connectivity index (χ2n) is 10.7. The quantitative estimate of drug-likeness (QED) is 0.301. The van der Waals surface area contributed by atoms with Gasteiger partial charge < -0.3 is 15.0 Å². The predicted molar refractivity (Wildman–Crippen MR) is 170 cm³/mol. The molecule has 11 heteroatoms. The molecule has 2 aliphatic heterocycles. The first-order valence-corrected chi connectivity index (χ1v) is 15.4. The van der Waals surface area contributed by atoms with Crippen molar-refractivity contribution in [2.24, 2.45) is 5.92 Å². The first kappa shape index (κ1) is 28.8. The number of thioether (sulfide) groups is 1. The molecule has 3 aromatic carbocycles. The van der Waals surface area contributed by atoms with Crippen molar-refractivity contribution in [1.29, 1.82) is 0 Å². The number of imide groups is 1. The number of anilines is 3. The van der Waals surface area contributed by atoms with Gasteiger partial charge in [0.2, 0.25) is 17.7 Å². The Balaban J connectivity index is 1.41. The number of aryl methyl sites for hydroxylation is 1. The molecule has 43 heavy (non-hydrogen) atoms. The molecule has 1 N–H and O–H groups in total. The van der Waals surface area contributed by atoms with E-state index in [1.807, 2.05) is 74.4 Å². The maximum atomic E-state index is 14.1. The van der Waals surface area contributed by atoms with Crippen LogP contribution >= 0.6 is 23.1 Å². The first-order valence-electron chi connectivity index (χ1n) is 13.7. The summed E-state index contributed by atoms with van der Waals surface area (Å²) in [7, 11) is 5.44. The van der Waals surface area contributed by atoms with Crippen LogP contribution in [0.4, 0.5) is 17.1 Å². The van der Waals surface area contributed by atoms with Gasteiger partial charge in [-0.05, 0) is 60.5 Å². The number of thiazole rings is 1. The van der Waals surface area contributed by atoms with Crippen LogP contribution in [0.3, 0.4) is 0 Å². The third-order valence-electron chi connectivity index (χ3n) is 7.87. The number of rotatable bonds is 7. The number of nitrogens with one attached hydrogen (secondary N) is 1. The highest BCUT2D eigenvalue weighted by atomic mass is 32.2. The van der Waals surface area contributed by atoms with Gasteiger partial charge in [-0.25, -0.2) is 4.90 Å². The van der Waals surface area contributed by atoms with Crippen molar-refractivity contribution in [2.45, 2.75) is 29.7 Å². The number of hydrogen-bond acceptors (Lipinski definition) is 8. The van der Waals surface area contributed by atoms with Gasteiger partial charge in [0.15, 0.2) is 0 Å². The molecule has 0 spiro atoms. The third kappa shape index (κ3) is 5.12. The normalized spacial score (nSPS) is 19.2. The number of carbonyl (C=O) groups excluding carboxylic acids is 3. The minimum absolute atomic E-state index is 0.208. The monoisotopic (exact) mass is 614 g/mol. The summed E-state index contributed by atoms with van der Waals surface area (Å²) in [6.07, 6.45) is 0. The molecule has 1 fully saturated rings. The molecule has 0 aliphatic carbocycles. The Bertz CT molecular complexity index is 1780. The van der Waals surface area contributed by atoms with E-state index >= 15 is 0 Å². The Labute approximate surface area is 257 Å². The van der Waals surface area contributed by atoms with E-state index in [2.05, 4.69) is 5.32 Å². The standard InChI is InChI=1S/C32H30N4O5S2/c1-18-7-5-6-8-23(18)33-24(37)17-35-31-28(43-32(35)40)25(19-9-11-20(12-10-19)34(2)3)26-27(42-31)30(39)36(29(26)38)21-13-15-22(41-4)16-14-21/h5-16,25-27H,17H2,1-4H3,(H,33,37)/t25-,26?,27?/m1/s1. The lowest BCUT2D eigenvalue weighted by molar-refractivity contribution is -0.122. The first-order chi connectivity index (χ1) is 20.7. The van der Waals surface area contributed by atoms with Crippen LogP contribution in [-0.2, 0) is 20.9 Å². The molecule has 3 amide bonds. The highest BCUT2D eigenvalue weighted by Gasteiger charge is 2.56. The summed E-state index contributed by atoms with van der Waals surface area (Å²) in [4.78, 5) is 58.2. The lowest BCUT2D eigenvalue weighted by Crippen LogP contribution is -2.33. The molecule has 2 aliphatic rings. The zero-order chi connectivity index (χ0) is 30.4. The molecule has 2 unspecified atom stereocenters. The average molecular weight is 615 g/mol. The summed E-state index contributed by atoms with van der Waals surface area (Å²) >= 11 is 2.23. The van der Waals surface area contributed by atoms with Crippen LogP contribution in [0.5, 0.6) is 5.75 Å². The van der Waals surface area contributed by atoms with E-state index in [0.717, 1.165) is 28.2 Å². The van der Waals surface area contributed by atoms with Gasteiger partial charge in [0.05, 0.1) is 23.7 Å². The van der Waals surface area contributed by atoms with Crippen LogP contribution in [0.25, 0.3) is 0 Å². The summed E-state index contributed by atoms with van der Waals surface area (Å²) in [6.45, 7) is 1.69. The number of hydrogen-bond donors (Lipinski definition) is 1. The molecule has 3 atom stereocenters. The van der Waals surface area contributed by atoms with E-state index in [-0.39, 0.29) is 29.1 Å². The SMILES string of the molecule is COc1ccc(N2C(=O)C3Sc4c(sc(=O)n4CC(=O)Nc4ccccc4C)[C@H](c4ccc(N(C)C)cc4)C3C2=O)cc1. The number of fused-ring (bicyclic) bond motifs is 2. The van der Waals surface area contributed by atoms with Crippen molar-refractivity contribution < 1.29 is 19.1 Å². The smallest absolute Gasteiger partial charge is 0.308 e. The average Bonchev–Trinajstić information content (AvgIpc) is 3.44. The molecule has 0 radical (unpaired) electrons. The topological polar surface area (TPSA) is 101 Å². The summed E-state index contributed by atoms with van der Waals surface area (Å²) < 4.78 is 6.69. The number of para-hydroxylation sites is 1. The molecule has 1 saturated heterocycles. The lowest BCUT2D eigenvalue weighted by Gasteiger charge is -2.31. The fourth-order valence-corrected chi connectivity index (χ4v) is 8.40. The Morgan fingerprint density at radius 3 is 2.30 bits per heavy atom. The van der Waals surface area contributed by atoms with Crippen molar-refractivity contribution >= 4 is 57.9 Å². The van der Waals surface area contributed by atoms with Gasteiger partial charge in [-0.2, -0.15) is 0 Å². The number of carbonyl (C=O) groups is 3. The Morgan fingerprint density at radius 2 is 1.65 bits per heavy atom. The zero-order valence-electron chi connectivity index (χ0n) is 24.1. The van der Waals surface area contributed by atoms with E-state index in [0.29, 0.717) is 27.0 Å². The van der Waals surface area contributed by atoms with Crippen LogP contribution < -0.4 is 24.7 Å². The number of aromatic nitrogens is 1. The van der Waals surface area contributed by atoms with Crippen molar-refractivity contribution in [2.75, 3.05) is 36.3 Å². The Kier molecular flexibility index (Phi) is 7.61. The number of methoxy groups -OCH3 is 1. The van der Waals surface area contributed by atoms with E-state index in [1.54, 1.807) is 31.4 Å². The van der Waals surface area contributed by atoms with Crippen LogP contribution in [0, 0.1) is 12.8 Å². The Morgan fingerprint density at radius 1 is 0.953 bits per heavy atom. The summed E-state index contributed by atoms with van der Waals surface area (Å²) in [6, 6.07) is 22.1. The highest BCUT2D eigenvalue weighted by Crippen LogP contribution is 2.54. The van der Waals surface area contributed by atoms with Crippen LogP contribution in [0.15, 0.2) is 82.6 Å². The van der Waals surface area contributed by atoms with Gasteiger partial charge >= 0.3 is 4.87 Å². The summed E-state index contributed by atoms with van der Waals surface area (Å²) in [5, 5.41) is 2.68. The minimum Gasteiger partial charge on any atom is -0.497 e. The van der Waals surface area contributed by atoms with Crippen LogP contribution in [0.2, 0.25) is 0 Å². The van der Waals surface area contributed by atoms with E-state index in [4.69, 9.17) is 4.74 Å². The molecule has 3 heterocycles. The van der Waals surface area contributed by atoms with Crippen molar-refractivity contribution in [3.05, 3.63) is 98.5 Å². The molecule has 1 aromatic heterocycles. The second kappa shape index (κ2) is 11.4. The molecule has 4 aromatic rings. The van der Waals surface area contributed by atoms with E-state index in [1.165, 1.54) is 21.2 Å². The highest BCUT2D eigenvalue weighted by molar-refractivity contribution is 8.00. The zero-order valence-corrected chi connectivity index (χ0v) is 25.7. The van der Waals surface area contributed by atoms with Gasteiger partial charge in [-0.3, -0.25) is 23.7 Å². The number of nitrogens with zero attached hydrogens (tertiary/aromatic N) is 3. The summed E-state index contributed by atoms with van der Waals surface area (Å²) in [5.74, 6) is -1.64. The third-order valence-corrected chi connectivity index (χ3v) is 10.5. The van der Waals surface area contributed by atoms with Crippen molar-refractivity contribution in [1.82, 2.24) is 4.57 Å². The van der Waals surface area contributed by atoms with Crippen LogP contribution in [0.1, 0.15) is 21.9 Å². The molecule has 220 valence electrons. The maximum absolute atomic E-state index is 14.1. The summed E-state index contributed by atoms with van der Waals surface area (Å²) in [5.41, 5.74) is 3.85. The van der Waals surface area contributed by atoms with Gasteiger partial charge in [0.25, 0.3) is 0 Å². The predicted octanol–water partition coefficient (Wildman–Crippen LogP) is 4.73. The molecular weight excluding hydrogens is 585 g/mol. The largest absolute Gasteiger partial charge is 0.497 e. The number of ether oxygens (including phenoxy) is 1. The van der Waals surface area contributed by atoms with E-state index < -0.39 is 17.1 Å². The number of amides is 3. The maximum Gasteiger partial charge on any atom is 0.308 e. The lowest BCUT2D eigenvalue weighted by atomic mass is 9.83. The molecular formula is C32H30N4O5S2. The number of benzene rings is 3. The molecule has 9 nitrogen and oxygen atoms in total.